The molecule has 0 fully saturated rings. The topological polar surface area (TPSA) is 99.9 Å². The number of methoxy groups -OCH3 is 3. The molecule has 37 heavy (non-hydrogen) atoms. The highest BCUT2D eigenvalue weighted by Crippen LogP contribution is 2.34. The van der Waals surface area contributed by atoms with Crippen molar-refractivity contribution in [1.82, 2.24) is 20.2 Å². The maximum atomic E-state index is 12.6. The number of ether oxygens (including phenoxy) is 3. The van der Waals surface area contributed by atoms with Crippen LogP contribution in [0.1, 0.15) is 12.5 Å². The lowest BCUT2D eigenvalue weighted by Crippen LogP contribution is -2.21. The lowest BCUT2D eigenvalue weighted by atomic mass is 10.1. The molecule has 10 heteroatoms. The molecule has 0 radical (unpaired) electrons. The van der Waals surface area contributed by atoms with Gasteiger partial charge in [-0.05, 0) is 49.4 Å². The summed E-state index contributed by atoms with van der Waals surface area (Å²) in [6, 6.07) is 22.8. The van der Waals surface area contributed by atoms with Crippen LogP contribution in [0.25, 0.3) is 17.1 Å². The number of hydrazone groups is 1. The molecular formula is C27H27N5O4S. The summed E-state index contributed by atoms with van der Waals surface area (Å²) >= 11 is 1.27. The van der Waals surface area contributed by atoms with Gasteiger partial charge in [-0.2, -0.15) is 5.10 Å². The third kappa shape index (κ3) is 6.10. The molecular weight excluding hydrogens is 490 g/mol. The molecule has 0 bridgehead atoms. The van der Waals surface area contributed by atoms with Gasteiger partial charge in [-0.1, -0.05) is 42.1 Å². The van der Waals surface area contributed by atoms with Crippen LogP contribution in [0.5, 0.6) is 17.2 Å². The molecule has 0 saturated carbocycles. The number of rotatable bonds is 10. The van der Waals surface area contributed by atoms with E-state index in [2.05, 4.69) is 20.7 Å². The minimum absolute atomic E-state index is 0.103. The molecule has 0 spiro atoms. The van der Waals surface area contributed by atoms with Gasteiger partial charge in [0.15, 0.2) is 22.5 Å². The fourth-order valence-electron chi connectivity index (χ4n) is 3.56. The number of carbonyl (C=O) groups is 1. The highest BCUT2D eigenvalue weighted by Gasteiger charge is 2.19. The number of hydrogen-bond acceptors (Lipinski definition) is 8. The number of amides is 1. The molecule has 0 atom stereocenters. The SMILES string of the molecule is COc1cccc(C(C)=NNC(=O)CSc2nnc(-c3ccc(OC)c(OC)c3)n2-c2ccccc2)c1. The van der Waals surface area contributed by atoms with Gasteiger partial charge in [0.05, 0.1) is 32.8 Å². The van der Waals surface area contributed by atoms with E-state index in [0.29, 0.717) is 28.2 Å². The van der Waals surface area contributed by atoms with Crippen molar-refractivity contribution in [2.24, 2.45) is 5.10 Å². The predicted octanol–water partition coefficient (Wildman–Crippen LogP) is 4.59. The zero-order valence-corrected chi connectivity index (χ0v) is 21.8. The first kappa shape index (κ1) is 25.8. The van der Waals surface area contributed by atoms with Crippen molar-refractivity contribution in [1.29, 1.82) is 0 Å². The maximum absolute atomic E-state index is 12.6. The first-order chi connectivity index (χ1) is 18.0. The molecule has 1 aromatic heterocycles. The molecule has 1 amide bonds. The average Bonchev–Trinajstić information content (AvgIpc) is 3.38. The molecule has 4 aromatic rings. The van der Waals surface area contributed by atoms with E-state index in [1.54, 1.807) is 21.3 Å². The molecule has 1 N–H and O–H groups in total. The molecule has 4 rings (SSSR count). The molecule has 0 aliphatic carbocycles. The minimum atomic E-state index is -0.262. The highest BCUT2D eigenvalue weighted by molar-refractivity contribution is 7.99. The Morgan fingerprint density at radius 1 is 0.919 bits per heavy atom. The fraction of sp³-hybridized carbons (Fsp3) is 0.185. The van der Waals surface area contributed by atoms with E-state index in [9.17, 15) is 4.79 Å². The van der Waals surface area contributed by atoms with Gasteiger partial charge in [-0.3, -0.25) is 9.36 Å². The lowest BCUT2D eigenvalue weighted by molar-refractivity contribution is -0.118. The number of thioether (sulfide) groups is 1. The largest absolute Gasteiger partial charge is 0.497 e. The predicted molar refractivity (Wildman–Crippen MR) is 144 cm³/mol. The number of aromatic nitrogens is 3. The van der Waals surface area contributed by atoms with Crippen LogP contribution in [0.3, 0.4) is 0 Å². The standard InChI is InChI=1S/C27H27N5O4S/c1-18(19-9-8-12-22(15-19)34-2)28-29-25(33)17-37-27-31-30-26(32(27)21-10-6-5-7-11-21)20-13-14-23(35-3)24(16-20)36-4/h5-16H,17H2,1-4H3,(H,29,33). The molecule has 9 nitrogen and oxygen atoms in total. The molecule has 0 unspecified atom stereocenters. The van der Waals surface area contributed by atoms with Gasteiger partial charge in [0.25, 0.3) is 5.91 Å². The maximum Gasteiger partial charge on any atom is 0.250 e. The summed E-state index contributed by atoms with van der Waals surface area (Å²) in [5.74, 6) is 2.38. The fourth-order valence-corrected chi connectivity index (χ4v) is 4.30. The van der Waals surface area contributed by atoms with Crippen LogP contribution in [0.4, 0.5) is 0 Å². The number of carbonyl (C=O) groups excluding carboxylic acids is 1. The summed E-state index contributed by atoms with van der Waals surface area (Å²) in [5, 5.41) is 13.6. The van der Waals surface area contributed by atoms with Gasteiger partial charge in [0.1, 0.15) is 5.75 Å². The van der Waals surface area contributed by atoms with Gasteiger partial charge < -0.3 is 14.2 Å². The number of nitrogens with zero attached hydrogens (tertiary/aromatic N) is 4. The Morgan fingerprint density at radius 2 is 1.70 bits per heavy atom. The monoisotopic (exact) mass is 517 g/mol. The first-order valence-corrected chi connectivity index (χ1v) is 12.4. The average molecular weight is 518 g/mol. The molecule has 0 aliphatic rings. The van der Waals surface area contributed by atoms with Gasteiger partial charge in [-0.15, -0.1) is 10.2 Å². The third-order valence-electron chi connectivity index (χ3n) is 5.46. The van der Waals surface area contributed by atoms with Gasteiger partial charge >= 0.3 is 0 Å². The van der Waals surface area contributed by atoms with E-state index in [-0.39, 0.29) is 11.7 Å². The number of hydrogen-bond donors (Lipinski definition) is 1. The second kappa shape index (κ2) is 12.1. The van der Waals surface area contributed by atoms with Crippen molar-refractivity contribution >= 4 is 23.4 Å². The second-order valence-corrected chi connectivity index (χ2v) is 8.74. The molecule has 0 saturated heterocycles. The van der Waals surface area contributed by atoms with E-state index in [0.717, 1.165) is 22.6 Å². The highest BCUT2D eigenvalue weighted by atomic mass is 32.2. The molecule has 190 valence electrons. The second-order valence-electron chi connectivity index (χ2n) is 7.80. The number of para-hydroxylation sites is 1. The van der Waals surface area contributed by atoms with Crippen molar-refractivity contribution in [2.45, 2.75) is 12.1 Å². The summed E-state index contributed by atoms with van der Waals surface area (Å²) in [7, 11) is 4.78. The Balaban J connectivity index is 1.54. The summed E-state index contributed by atoms with van der Waals surface area (Å²) < 4.78 is 18.0. The van der Waals surface area contributed by atoms with E-state index in [1.165, 1.54) is 11.8 Å². The van der Waals surface area contributed by atoms with Crippen molar-refractivity contribution in [3.63, 3.8) is 0 Å². The smallest absolute Gasteiger partial charge is 0.250 e. The van der Waals surface area contributed by atoms with Crippen molar-refractivity contribution in [2.75, 3.05) is 27.1 Å². The number of nitrogens with one attached hydrogen (secondary N) is 1. The summed E-state index contributed by atoms with van der Waals surface area (Å²) in [6.45, 7) is 1.82. The van der Waals surface area contributed by atoms with Crippen molar-refractivity contribution in [3.8, 4) is 34.3 Å². The van der Waals surface area contributed by atoms with Gasteiger partial charge in [0.2, 0.25) is 0 Å². The van der Waals surface area contributed by atoms with Crippen LogP contribution in [-0.4, -0.2) is 53.5 Å². The molecule has 3 aromatic carbocycles. The summed E-state index contributed by atoms with van der Waals surface area (Å²) in [4.78, 5) is 12.6. The Morgan fingerprint density at radius 3 is 2.43 bits per heavy atom. The first-order valence-electron chi connectivity index (χ1n) is 11.4. The quantitative estimate of drug-likeness (QED) is 0.187. The van der Waals surface area contributed by atoms with Gasteiger partial charge in [0, 0.05) is 16.8 Å². The zero-order valence-electron chi connectivity index (χ0n) is 21.0. The zero-order chi connectivity index (χ0) is 26.2. The van der Waals surface area contributed by atoms with Crippen LogP contribution in [0, 0.1) is 0 Å². The normalized spacial score (nSPS) is 11.2. The Kier molecular flexibility index (Phi) is 8.42. The minimum Gasteiger partial charge on any atom is -0.497 e. The van der Waals surface area contributed by atoms with Crippen molar-refractivity contribution in [3.05, 3.63) is 78.4 Å². The van der Waals surface area contributed by atoms with Crippen LogP contribution in [-0.2, 0) is 4.79 Å². The Labute approximate surface area is 219 Å². The molecule has 1 heterocycles. The van der Waals surface area contributed by atoms with Crippen molar-refractivity contribution < 1.29 is 19.0 Å². The van der Waals surface area contributed by atoms with Crippen LogP contribution < -0.4 is 19.6 Å². The van der Waals surface area contributed by atoms with E-state index in [4.69, 9.17) is 14.2 Å². The number of benzene rings is 3. The third-order valence-corrected chi connectivity index (χ3v) is 6.39. The van der Waals surface area contributed by atoms with Crippen LogP contribution in [0.15, 0.2) is 83.1 Å². The lowest BCUT2D eigenvalue weighted by Gasteiger charge is -2.12. The Bertz CT molecular complexity index is 1410. The molecule has 0 aliphatic heterocycles. The van der Waals surface area contributed by atoms with E-state index < -0.39 is 0 Å². The van der Waals surface area contributed by atoms with E-state index in [1.807, 2.05) is 84.3 Å². The van der Waals surface area contributed by atoms with E-state index >= 15 is 0 Å². The summed E-state index contributed by atoms with van der Waals surface area (Å²) in [6.07, 6.45) is 0. The van der Waals surface area contributed by atoms with Crippen LogP contribution in [0.2, 0.25) is 0 Å². The Hall–Kier alpha value is -4.31. The summed E-state index contributed by atoms with van der Waals surface area (Å²) in [5.41, 5.74) is 5.80. The van der Waals surface area contributed by atoms with Crippen LogP contribution >= 0.6 is 11.8 Å². The van der Waals surface area contributed by atoms with Gasteiger partial charge in [-0.25, -0.2) is 5.43 Å².